The lowest BCUT2D eigenvalue weighted by atomic mass is 10.1. The standard InChI is InChI=1S/C16H27NO4/c1-13(17)12-14-6-4-7-15(19-3)16(14)21-11-10-20-9-5-8-18-2/h4,6-7,13H,5,8-12,17H2,1-3H3. The molecule has 0 heterocycles. The van der Waals surface area contributed by atoms with Crippen LogP contribution >= 0.6 is 0 Å². The maximum atomic E-state index is 5.87. The molecule has 1 atom stereocenters. The van der Waals surface area contributed by atoms with Crippen molar-refractivity contribution in [3.63, 3.8) is 0 Å². The SMILES string of the molecule is COCCCOCCOc1c(CC(C)N)cccc1OC. The molecular weight excluding hydrogens is 270 g/mol. The van der Waals surface area contributed by atoms with Gasteiger partial charge in [-0.05, 0) is 31.4 Å². The minimum Gasteiger partial charge on any atom is -0.493 e. The van der Waals surface area contributed by atoms with E-state index in [0.717, 1.165) is 29.9 Å². The van der Waals surface area contributed by atoms with Gasteiger partial charge in [0.05, 0.1) is 13.7 Å². The average Bonchev–Trinajstić information content (AvgIpc) is 2.46. The first-order chi connectivity index (χ1) is 10.2. The molecule has 0 aliphatic heterocycles. The van der Waals surface area contributed by atoms with E-state index in [1.54, 1.807) is 14.2 Å². The largest absolute Gasteiger partial charge is 0.493 e. The zero-order valence-electron chi connectivity index (χ0n) is 13.3. The lowest BCUT2D eigenvalue weighted by Gasteiger charge is -2.16. The van der Waals surface area contributed by atoms with Gasteiger partial charge in [0.25, 0.3) is 0 Å². The van der Waals surface area contributed by atoms with E-state index in [2.05, 4.69) is 0 Å². The second-order valence-electron chi connectivity index (χ2n) is 4.94. The van der Waals surface area contributed by atoms with E-state index in [-0.39, 0.29) is 6.04 Å². The summed E-state index contributed by atoms with van der Waals surface area (Å²) in [5, 5.41) is 0. The first-order valence-electron chi connectivity index (χ1n) is 7.30. The lowest BCUT2D eigenvalue weighted by molar-refractivity contribution is 0.0797. The first kappa shape index (κ1) is 17.8. The molecule has 1 aromatic carbocycles. The lowest BCUT2D eigenvalue weighted by Crippen LogP contribution is -2.19. The van der Waals surface area contributed by atoms with Gasteiger partial charge in [-0.3, -0.25) is 0 Å². The van der Waals surface area contributed by atoms with Crippen LogP contribution in [0.25, 0.3) is 0 Å². The zero-order chi connectivity index (χ0) is 15.5. The van der Waals surface area contributed by atoms with Crippen LogP contribution in [-0.2, 0) is 15.9 Å². The maximum absolute atomic E-state index is 5.87. The quantitative estimate of drug-likeness (QED) is 0.633. The third kappa shape index (κ3) is 6.80. The molecule has 5 heteroatoms. The molecule has 0 saturated carbocycles. The van der Waals surface area contributed by atoms with E-state index in [4.69, 9.17) is 24.7 Å². The topological polar surface area (TPSA) is 62.9 Å². The number of hydrogen-bond acceptors (Lipinski definition) is 5. The third-order valence-corrected chi connectivity index (χ3v) is 2.93. The van der Waals surface area contributed by atoms with Crippen molar-refractivity contribution in [1.82, 2.24) is 0 Å². The van der Waals surface area contributed by atoms with Gasteiger partial charge in [-0.1, -0.05) is 12.1 Å². The molecule has 1 unspecified atom stereocenters. The fourth-order valence-electron chi connectivity index (χ4n) is 2.00. The molecule has 5 nitrogen and oxygen atoms in total. The molecule has 0 aliphatic rings. The molecule has 21 heavy (non-hydrogen) atoms. The predicted octanol–water partition coefficient (Wildman–Crippen LogP) is 2.02. The first-order valence-corrected chi connectivity index (χ1v) is 7.30. The Hall–Kier alpha value is -1.30. The number of para-hydroxylation sites is 1. The van der Waals surface area contributed by atoms with Crippen LogP contribution in [0.3, 0.4) is 0 Å². The van der Waals surface area contributed by atoms with Crippen molar-refractivity contribution in [2.24, 2.45) is 5.73 Å². The van der Waals surface area contributed by atoms with Crippen LogP contribution in [0, 0.1) is 0 Å². The van der Waals surface area contributed by atoms with Crippen LogP contribution in [0.15, 0.2) is 18.2 Å². The highest BCUT2D eigenvalue weighted by molar-refractivity contribution is 5.47. The molecule has 0 fully saturated rings. The summed E-state index contributed by atoms with van der Waals surface area (Å²) in [6.45, 7) is 4.39. The van der Waals surface area contributed by atoms with E-state index in [0.29, 0.717) is 26.4 Å². The second kappa shape index (κ2) is 10.4. The molecule has 2 N–H and O–H groups in total. The van der Waals surface area contributed by atoms with Crippen molar-refractivity contribution in [1.29, 1.82) is 0 Å². The minimum atomic E-state index is 0.0738. The Balaban J connectivity index is 2.48. The van der Waals surface area contributed by atoms with Crippen molar-refractivity contribution in [2.45, 2.75) is 25.8 Å². The maximum Gasteiger partial charge on any atom is 0.164 e. The highest BCUT2D eigenvalue weighted by Gasteiger charge is 2.11. The molecule has 0 aliphatic carbocycles. The Labute approximate surface area is 127 Å². The fraction of sp³-hybridized carbons (Fsp3) is 0.625. The van der Waals surface area contributed by atoms with Crippen LogP contribution < -0.4 is 15.2 Å². The Bertz CT molecular complexity index is 396. The van der Waals surface area contributed by atoms with Crippen molar-refractivity contribution in [3.8, 4) is 11.5 Å². The molecule has 0 aromatic heterocycles. The van der Waals surface area contributed by atoms with Crippen LogP contribution in [0.1, 0.15) is 18.9 Å². The van der Waals surface area contributed by atoms with E-state index < -0.39 is 0 Å². The average molecular weight is 297 g/mol. The van der Waals surface area contributed by atoms with Crippen LogP contribution in [0.4, 0.5) is 0 Å². The Kier molecular flexibility index (Phi) is 8.82. The van der Waals surface area contributed by atoms with Gasteiger partial charge in [-0.25, -0.2) is 0 Å². The van der Waals surface area contributed by atoms with Gasteiger partial charge in [0.2, 0.25) is 0 Å². The van der Waals surface area contributed by atoms with E-state index in [1.165, 1.54) is 0 Å². The highest BCUT2D eigenvalue weighted by Crippen LogP contribution is 2.31. The van der Waals surface area contributed by atoms with Crippen molar-refractivity contribution in [3.05, 3.63) is 23.8 Å². The molecule has 0 radical (unpaired) electrons. The molecule has 0 spiro atoms. The summed E-state index contributed by atoms with van der Waals surface area (Å²) in [6.07, 6.45) is 1.64. The Morgan fingerprint density at radius 1 is 1.10 bits per heavy atom. The molecule has 1 rings (SSSR count). The van der Waals surface area contributed by atoms with Gasteiger partial charge in [-0.15, -0.1) is 0 Å². The van der Waals surface area contributed by atoms with Crippen molar-refractivity contribution >= 4 is 0 Å². The van der Waals surface area contributed by atoms with Gasteiger partial charge in [0.1, 0.15) is 6.61 Å². The van der Waals surface area contributed by atoms with Crippen LogP contribution in [0.5, 0.6) is 11.5 Å². The van der Waals surface area contributed by atoms with Gasteiger partial charge in [0.15, 0.2) is 11.5 Å². The molecule has 0 amide bonds. The molecule has 120 valence electrons. The number of hydrogen-bond donors (Lipinski definition) is 1. The number of rotatable bonds is 11. The van der Waals surface area contributed by atoms with Crippen LogP contribution in [-0.4, -0.2) is 46.7 Å². The second-order valence-corrected chi connectivity index (χ2v) is 4.94. The minimum absolute atomic E-state index is 0.0738. The van der Waals surface area contributed by atoms with Gasteiger partial charge < -0.3 is 24.7 Å². The highest BCUT2D eigenvalue weighted by atomic mass is 16.5. The summed E-state index contributed by atoms with van der Waals surface area (Å²) >= 11 is 0. The summed E-state index contributed by atoms with van der Waals surface area (Å²) in [4.78, 5) is 0. The zero-order valence-corrected chi connectivity index (χ0v) is 13.3. The van der Waals surface area contributed by atoms with Crippen molar-refractivity contribution in [2.75, 3.05) is 40.6 Å². The third-order valence-electron chi connectivity index (χ3n) is 2.93. The summed E-state index contributed by atoms with van der Waals surface area (Å²) < 4.78 is 21.6. The summed E-state index contributed by atoms with van der Waals surface area (Å²) in [7, 11) is 3.32. The number of ether oxygens (including phenoxy) is 4. The van der Waals surface area contributed by atoms with Crippen LogP contribution in [0.2, 0.25) is 0 Å². The van der Waals surface area contributed by atoms with Gasteiger partial charge in [0, 0.05) is 26.4 Å². The molecule has 0 saturated heterocycles. The normalized spacial score (nSPS) is 12.2. The predicted molar refractivity (Wildman–Crippen MR) is 83.2 cm³/mol. The van der Waals surface area contributed by atoms with Gasteiger partial charge in [-0.2, -0.15) is 0 Å². The Morgan fingerprint density at radius 3 is 2.57 bits per heavy atom. The summed E-state index contributed by atoms with van der Waals surface area (Å²) in [5.41, 5.74) is 6.93. The van der Waals surface area contributed by atoms with E-state index >= 15 is 0 Å². The molecule has 0 bridgehead atoms. The van der Waals surface area contributed by atoms with E-state index in [9.17, 15) is 0 Å². The van der Waals surface area contributed by atoms with Gasteiger partial charge >= 0.3 is 0 Å². The molecule has 1 aromatic rings. The number of methoxy groups -OCH3 is 2. The summed E-state index contributed by atoms with van der Waals surface area (Å²) in [5.74, 6) is 1.49. The Morgan fingerprint density at radius 2 is 1.90 bits per heavy atom. The van der Waals surface area contributed by atoms with E-state index in [1.807, 2.05) is 25.1 Å². The summed E-state index contributed by atoms with van der Waals surface area (Å²) in [6, 6.07) is 5.93. The number of benzene rings is 1. The van der Waals surface area contributed by atoms with Crippen molar-refractivity contribution < 1.29 is 18.9 Å². The fourth-order valence-corrected chi connectivity index (χ4v) is 2.00. The monoisotopic (exact) mass is 297 g/mol. The smallest absolute Gasteiger partial charge is 0.164 e. The number of nitrogens with two attached hydrogens (primary N) is 1. The molecular formula is C16H27NO4.